The third-order valence-electron chi connectivity index (χ3n) is 2.00. The predicted octanol–water partition coefficient (Wildman–Crippen LogP) is 1.88. The number of hydrogen-bond donors (Lipinski definition) is 1. The van der Waals surface area contributed by atoms with Crippen molar-refractivity contribution >= 4 is 11.7 Å². The summed E-state index contributed by atoms with van der Waals surface area (Å²) in [6, 6.07) is 5.49. The highest BCUT2D eigenvalue weighted by molar-refractivity contribution is 5.95. The molecule has 4 nitrogen and oxygen atoms in total. The van der Waals surface area contributed by atoms with Crippen LogP contribution in [0.3, 0.4) is 0 Å². The van der Waals surface area contributed by atoms with E-state index in [0.29, 0.717) is 5.82 Å². The maximum atomic E-state index is 11.6. The van der Waals surface area contributed by atoms with Crippen LogP contribution < -0.4 is 5.32 Å². The summed E-state index contributed by atoms with van der Waals surface area (Å²) in [6.45, 7) is 5.05. The Morgan fingerprint density at radius 1 is 1.53 bits per heavy atom. The van der Waals surface area contributed by atoms with Gasteiger partial charge in [0.05, 0.1) is 6.07 Å². The van der Waals surface area contributed by atoms with E-state index >= 15 is 0 Å². The molecular formula is C11H13N3O. The van der Waals surface area contributed by atoms with Gasteiger partial charge in [0.25, 0.3) is 0 Å². The molecule has 0 bridgehead atoms. The lowest BCUT2D eigenvalue weighted by Gasteiger charge is -2.14. The Balaban J connectivity index is 2.76. The second-order valence-electron chi connectivity index (χ2n) is 3.91. The highest BCUT2D eigenvalue weighted by Gasteiger charge is 2.27. The number of nitriles is 1. The van der Waals surface area contributed by atoms with E-state index in [1.165, 1.54) is 0 Å². The highest BCUT2D eigenvalue weighted by atomic mass is 16.2. The minimum absolute atomic E-state index is 0.346. The number of rotatable bonds is 2. The van der Waals surface area contributed by atoms with Crippen molar-refractivity contribution in [3.8, 4) is 6.07 Å². The number of nitrogens with one attached hydrogen (secondary N) is 1. The number of hydrogen-bond acceptors (Lipinski definition) is 3. The van der Waals surface area contributed by atoms with Crippen LogP contribution in [0, 0.1) is 23.7 Å². The molecule has 0 saturated carbocycles. The van der Waals surface area contributed by atoms with E-state index in [4.69, 9.17) is 5.26 Å². The number of carbonyl (C=O) groups excluding carboxylic acids is 1. The van der Waals surface area contributed by atoms with Crippen molar-refractivity contribution in [3.05, 3.63) is 23.9 Å². The molecule has 0 saturated heterocycles. The molecule has 1 heterocycles. The van der Waals surface area contributed by atoms with Gasteiger partial charge in [-0.3, -0.25) is 4.79 Å². The summed E-state index contributed by atoms with van der Waals surface area (Å²) in [5.74, 6) is 0.121. The zero-order valence-electron chi connectivity index (χ0n) is 9.03. The molecule has 0 aliphatic rings. The Kier molecular flexibility index (Phi) is 3.05. The molecule has 1 aromatic heterocycles. The van der Waals surface area contributed by atoms with E-state index in [1.807, 2.05) is 19.1 Å². The normalized spacial score (nSPS) is 10.5. The van der Waals surface area contributed by atoms with E-state index in [0.717, 1.165) is 5.56 Å². The van der Waals surface area contributed by atoms with Gasteiger partial charge in [-0.1, -0.05) is 6.07 Å². The van der Waals surface area contributed by atoms with Crippen molar-refractivity contribution in [1.82, 2.24) is 4.98 Å². The molecule has 1 amide bonds. The molecule has 0 aliphatic carbocycles. The Morgan fingerprint density at radius 3 is 2.67 bits per heavy atom. The van der Waals surface area contributed by atoms with Crippen LogP contribution in [0.1, 0.15) is 19.4 Å². The van der Waals surface area contributed by atoms with Gasteiger partial charge >= 0.3 is 0 Å². The second-order valence-corrected chi connectivity index (χ2v) is 3.91. The lowest BCUT2D eigenvalue weighted by Crippen LogP contribution is -2.29. The van der Waals surface area contributed by atoms with E-state index in [1.54, 1.807) is 26.1 Å². The van der Waals surface area contributed by atoms with Crippen molar-refractivity contribution in [2.45, 2.75) is 20.8 Å². The van der Waals surface area contributed by atoms with E-state index < -0.39 is 5.41 Å². The lowest BCUT2D eigenvalue weighted by molar-refractivity contribution is -0.121. The van der Waals surface area contributed by atoms with Crippen molar-refractivity contribution in [3.63, 3.8) is 0 Å². The summed E-state index contributed by atoms with van der Waals surface area (Å²) < 4.78 is 0. The first-order valence-electron chi connectivity index (χ1n) is 4.61. The third kappa shape index (κ3) is 2.78. The minimum Gasteiger partial charge on any atom is -0.309 e. The maximum Gasteiger partial charge on any atom is 0.245 e. The van der Waals surface area contributed by atoms with Gasteiger partial charge in [0.15, 0.2) is 0 Å². The van der Waals surface area contributed by atoms with Gasteiger partial charge in [0.1, 0.15) is 11.2 Å². The molecule has 0 spiro atoms. The summed E-state index contributed by atoms with van der Waals surface area (Å²) in [5, 5.41) is 11.3. The van der Waals surface area contributed by atoms with E-state index in [-0.39, 0.29) is 5.91 Å². The number of amides is 1. The van der Waals surface area contributed by atoms with Gasteiger partial charge in [-0.05, 0) is 32.4 Å². The number of anilines is 1. The first-order chi connectivity index (χ1) is 6.95. The first kappa shape index (κ1) is 11.2. The molecule has 4 heteroatoms. The number of carbonyl (C=O) groups is 1. The maximum absolute atomic E-state index is 11.6. The lowest BCUT2D eigenvalue weighted by atomic mass is 9.95. The van der Waals surface area contributed by atoms with Gasteiger partial charge in [0.2, 0.25) is 5.91 Å². The number of aromatic nitrogens is 1. The molecule has 0 aromatic carbocycles. The van der Waals surface area contributed by atoms with Crippen LogP contribution in [0.25, 0.3) is 0 Å². The fourth-order valence-corrected chi connectivity index (χ4v) is 0.865. The van der Waals surface area contributed by atoms with Crippen LogP contribution in [0.4, 0.5) is 5.82 Å². The molecule has 78 valence electrons. The average molecular weight is 203 g/mol. The van der Waals surface area contributed by atoms with Gasteiger partial charge in [0, 0.05) is 6.20 Å². The van der Waals surface area contributed by atoms with Crippen molar-refractivity contribution < 1.29 is 4.79 Å². The topological polar surface area (TPSA) is 65.8 Å². The summed E-state index contributed by atoms with van der Waals surface area (Å²) in [5.41, 5.74) is -0.0143. The van der Waals surface area contributed by atoms with Gasteiger partial charge in [-0.15, -0.1) is 0 Å². The Bertz CT molecular complexity index is 401. The summed E-state index contributed by atoms with van der Waals surface area (Å²) in [6.07, 6.45) is 1.66. The zero-order chi connectivity index (χ0) is 11.5. The smallest absolute Gasteiger partial charge is 0.245 e. The van der Waals surface area contributed by atoms with Crippen LogP contribution in [0.15, 0.2) is 18.3 Å². The van der Waals surface area contributed by atoms with Crippen LogP contribution >= 0.6 is 0 Å². The van der Waals surface area contributed by atoms with Crippen molar-refractivity contribution in [1.29, 1.82) is 5.26 Å². The molecular weight excluding hydrogens is 190 g/mol. The minimum atomic E-state index is -1.04. The monoisotopic (exact) mass is 203 g/mol. The van der Waals surface area contributed by atoms with Crippen LogP contribution in [-0.2, 0) is 4.79 Å². The molecule has 0 atom stereocenters. The predicted molar refractivity (Wildman–Crippen MR) is 57.0 cm³/mol. The number of aryl methyl sites for hydroxylation is 1. The van der Waals surface area contributed by atoms with Crippen LogP contribution in [0.5, 0.6) is 0 Å². The number of pyridine rings is 1. The molecule has 0 aliphatic heterocycles. The fourth-order valence-electron chi connectivity index (χ4n) is 0.865. The van der Waals surface area contributed by atoms with Gasteiger partial charge < -0.3 is 5.32 Å². The highest BCUT2D eigenvalue weighted by Crippen LogP contribution is 2.16. The summed E-state index contributed by atoms with van der Waals surface area (Å²) in [7, 11) is 0. The van der Waals surface area contributed by atoms with Gasteiger partial charge in [-0.2, -0.15) is 5.26 Å². The summed E-state index contributed by atoms with van der Waals surface area (Å²) in [4.78, 5) is 15.6. The SMILES string of the molecule is Cc1ccc(NC(=O)C(C)(C)C#N)nc1. The Morgan fingerprint density at radius 2 is 2.20 bits per heavy atom. The molecule has 1 rings (SSSR count). The van der Waals surface area contributed by atoms with Crippen LogP contribution in [0.2, 0.25) is 0 Å². The average Bonchev–Trinajstić information content (AvgIpc) is 2.21. The largest absolute Gasteiger partial charge is 0.309 e. The zero-order valence-corrected chi connectivity index (χ0v) is 9.03. The standard InChI is InChI=1S/C11H13N3O/c1-8-4-5-9(13-6-8)14-10(15)11(2,3)7-12/h4-6H,1-3H3,(H,13,14,15). The molecule has 1 aromatic rings. The molecule has 0 unspecified atom stereocenters. The molecule has 0 radical (unpaired) electrons. The molecule has 0 fully saturated rings. The fraction of sp³-hybridized carbons (Fsp3) is 0.364. The van der Waals surface area contributed by atoms with Crippen molar-refractivity contribution in [2.75, 3.05) is 5.32 Å². The third-order valence-corrected chi connectivity index (χ3v) is 2.00. The first-order valence-corrected chi connectivity index (χ1v) is 4.61. The number of nitrogens with zero attached hydrogens (tertiary/aromatic N) is 2. The van der Waals surface area contributed by atoms with Crippen LogP contribution in [-0.4, -0.2) is 10.9 Å². The summed E-state index contributed by atoms with van der Waals surface area (Å²) >= 11 is 0. The Hall–Kier alpha value is -1.89. The second kappa shape index (κ2) is 4.09. The van der Waals surface area contributed by atoms with E-state index in [2.05, 4.69) is 10.3 Å². The van der Waals surface area contributed by atoms with Crippen molar-refractivity contribution in [2.24, 2.45) is 5.41 Å². The van der Waals surface area contributed by atoms with E-state index in [9.17, 15) is 4.79 Å². The Labute approximate surface area is 88.9 Å². The molecule has 15 heavy (non-hydrogen) atoms. The van der Waals surface area contributed by atoms with Gasteiger partial charge in [-0.25, -0.2) is 4.98 Å². The molecule has 1 N–H and O–H groups in total. The quantitative estimate of drug-likeness (QED) is 0.798.